The Balaban J connectivity index is 3.43. The molecule has 0 bridgehead atoms. The summed E-state index contributed by atoms with van der Waals surface area (Å²) < 4.78 is 13.0. The number of amides is 1. The molecule has 0 aliphatic rings. The molecule has 0 aliphatic carbocycles. The maximum absolute atomic E-state index is 12.8. The van der Waals surface area contributed by atoms with E-state index in [4.69, 9.17) is 17.3 Å². The standard InChI is InChI=1S/C7H4ClFINO/c8-3-1-2-4(9)6(10)5(3)7(11)12/h1-2H,(H2,11,12). The maximum Gasteiger partial charge on any atom is 0.251 e. The fourth-order valence-corrected chi connectivity index (χ4v) is 1.90. The van der Waals surface area contributed by atoms with Crippen molar-refractivity contribution in [3.63, 3.8) is 0 Å². The summed E-state index contributed by atoms with van der Waals surface area (Å²) in [6.45, 7) is 0. The molecule has 1 rings (SSSR count). The molecule has 2 N–H and O–H groups in total. The first-order valence-electron chi connectivity index (χ1n) is 2.97. The van der Waals surface area contributed by atoms with Crippen molar-refractivity contribution in [2.24, 2.45) is 5.73 Å². The Kier molecular flexibility index (Phi) is 2.89. The van der Waals surface area contributed by atoms with Gasteiger partial charge < -0.3 is 5.73 Å². The zero-order valence-electron chi connectivity index (χ0n) is 5.77. The third-order valence-corrected chi connectivity index (χ3v) is 2.66. The minimum absolute atomic E-state index is 0.0391. The van der Waals surface area contributed by atoms with Crippen molar-refractivity contribution in [2.75, 3.05) is 0 Å². The number of carbonyl (C=O) groups is 1. The summed E-state index contributed by atoms with van der Waals surface area (Å²) in [5.41, 5.74) is 5.03. The van der Waals surface area contributed by atoms with Gasteiger partial charge in [0.25, 0.3) is 5.91 Å². The average molecular weight is 299 g/mol. The number of hydrogen-bond acceptors (Lipinski definition) is 1. The lowest BCUT2D eigenvalue weighted by Crippen LogP contribution is -2.14. The highest BCUT2D eigenvalue weighted by molar-refractivity contribution is 14.1. The van der Waals surface area contributed by atoms with Crippen molar-refractivity contribution < 1.29 is 9.18 Å². The predicted octanol–water partition coefficient (Wildman–Crippen LogP) is 2.18. The second-order valence-electron chi connectivity index (χ2n) is 2.08. The fourth-order valence-electron chi connectivity index (χ4n) is 0.753. The van der Waals surface area contributed by atoms with Gasteiger partial charge >= 0.3 is 0 Å². The second-order valence-corrected chi connectivity index (χ2v) is 3.57. The molecular formula is C7H4ClFINO. The molecule has 0 saturated heterocycles. The van der Waals surface area contributed by atoms with E-state index in [9.17, 15) is 9.18 Å². The molecule has 0 aliphatic heterocycles. The Morgan fingerprint density at radius 3 is 2.58 bits per heavy atom. The van der Waals surface area contributed by atoms with Crippen molar-refractivity contribution in [3.05, 3.63) is 32.1 Å². The number of rotatable bonds is 1. The summed E-state index contributed by atoms with van der Waals surface area (Å²) in [6.07, 6.45) is 0. The SMILES string of the molecule is NC(=O)c1c(Cl)ccc(F)c1I. The number of primary amides is 1. The van der Waals surface area contributed by atoms with Crippen LogP contribution in [0.15, 0.2) is 12.1 Å². The van der Waals surface area contributed by atoms with Gasteiger partial charge in [-0.2, -0.15) is 0 Å². The van der Waals surface area contributed by atoms with Crippen molar-refractivity contribution in [1.29, 1.82) is 0 Å². The largest absolute Gasteiger partial charge is 0.366 e. The molecule has 0 saturated carbocycles. The molecule has 0 unspecified atom stereocenters. The van der Waals surface area contributed by atoms with Crippen LogP contribution in [0.4, 0.5) is 4.39 Å². The summed E-state index contributed by atoms with van der Waals surface area (Å²) in [5, 5.41) is 0.174. The van der Waals surface area contributed by atoms with E-state index in [-0.39, 0.29) is 14.2 Å². The molecule has 0 aromatic heterocycles. The van der Waals surface area contributed by atoms with E-state index in [1.54, 1.807) is 22.6 Å². The first-order chi connectivity index (χ1) is 5.54. The third-order valence-electron chi connectivity index (χ3n) is 1.29. The van der Waals surface area contributed by atoms with Crippen molar-refractivity contribution in [3.8, 4) is 0 Å². The Morgan fingerprint density at radius 1 is 1.58 bits per heavy atom. The van der Waals surface area contributed by atoms with Crippen LogP contribution in [0.3, 0.4) is 0 Å². The lowest BCUT2D eigenvalue weighted by atomic mass is 10.2. The quantitative estimate of drug-likeness (QED) is 0.627. The Morgan fingerprint density at radius 2 is 2.17 bits per heavy atom. The summed E-state index contributed by atoms with van der Waals surface area (Å²) in [6, 6.07) is 2.50. The zero-order valence-corrected chi connectivity index (χ0v) is 8.69. The Bertz CT molecular complexity index is 342. The molecule has 1 aromatic rings. The highest BCUT2D eigenvalue weighted by atomic mass is 127. The van der Waals surface area contributed by atoms with Gasteiger partial charge in [-0.1, -0.05) is 11.6 Å². The van der Waals surface area contributed by atoms with Gasteiger partial charge in [0.15, 0.2) is 0 Å². The number of halogens is 3. The molecule has 64 valence electrons. The summed E-state index contributed by atoms with van der Waals surface area (Å²) in [5.74, 6) is -1.21. The normalized spacial score (nSPS) is 9.92. The molecule has 0 radical (unpaired) electrons. The van der Waals surface area contributed by atoms with E-state index >= 15 is 0 Å². The first kappa shape index (κ1) is 9.73. The number of hydrogen-bond donors (Lipinski definition) is 1. The minimum Gasteiger partial charge on any atom is -0.366 e. The van der Waals surface area contributed by atoms with E-state index < -0.39 is 11.7 Å². The fraction of sp³-hybridized carbons (Fsp3) is 0. The molecule has 5 heteroatoms. The lowest BCUT2D eigenvalue weighted by Gasteiger charge is -2.02. The summed E-state index contributed by atoms with van der Waals surface area (Å²) in [4.78, 5) is 10.8. The Labute approximate surface area is 87.0 Å². The smallest absolute Gasteiger partial charge is 0.251 e. The van der Waals surface area contributed by atoms with Crippen LogP contribution < -0.4 is 5.73 Å². The summed E-state index contributed by atoms with van der Waals surface area (Å²) >= 11 is 7.31. The van der Waals surface area contributed by atoms with E-state index in [1.807, 2.05) is 0 Å². The first-order valence-corrected chi connectivity index (χ1v) is 4.43. The van der Waals surface area contributed by atoms with E-state index in [0.717, 1.165) is 0 Å². The molecule has 12 heavy (non-hydrogen) atoms. The molecule has 1 aromatic carbocycles. The molecular weight excluding hydrogens is 295 g/mol. The molecule has 2 nitrogen and oxygen atoms in total. The molecule has 0 fully saturated rings. The van der Waals surface area contributed by atoms with Crippen LogP contribution in [-0.2, 0) is 0 Å². The molecule has 1 amide bonds. The molecule has 0 heterocycles. The Hall–Kier alpha value is -0.360. The van der Waals surface area contributed by atoms with Crippen LogP contribution in [0.2, 0.25) is 5.02 Å². The topological polar surface area (TPSA) is 43.1 Å². The zero-order chi connectivity index (χ0) is 9.30. The monoisotopic (exact) mass is 299 g/mol. The minimum atomic E-state index is -0.719. The van der Waals surface area contributed by atoms with Crippen LogP contribution in [0.25, 0.3) is 0 Å². The van der Waals surface area contributed by atoms with Crippen LogP contribution in [-0.4, -0.2) is 5.91 Å². The van der Waals surface area contributed by atoms with Gasteiger partial charge in [-0.05, 0) is 34.7 Å². The second kappa shape index (κ2) is 3.57. The van der Waals surface area contributed by atoms with Crippen molar-refractivity contribution in [1.82, 2.24) is 0 Å². The molecule has 0 atom stereocenters. The van der Waals surface area contributed by atoms with Crippen molar-refractivity contribution in [2.45, 2.75) is 0 Å². The maximum atomic E-state index is 12.8. The lowest BCUT2D eigenvalue weighted by molar-refractivity contribution is 0.0999. The van der Waals surface area contributed by atoms with Gasteiger partial charge in [0.2, 0.25) is 0 Å². The number of benzene rings is 1. The average Bonchev–Trinajstić information content (AvgIpc) is 1.97. The molecule has 0 spiro atoms. The highest BCUT2D eigenvalue weighted by Gasteiger charge is 2.14. The number of nitrogens with two attached hydrogens (primary N) is 1. The van der Waals surface area contributed by atoms with Gasteiger partial charge in [0.05, 0.1) is 14.2 Å². The van der Waals surface area contributed by atoms with Gasteiger partial charge in [-0.15, -0.1) is 0 Å². The van der Waals surface area contributed by atoms with Crippen LogP contribution in [0.5, 0.6) is 0 Å². The van der Waals surface area contributed by atoms with Crippen molar-refractivity contribution >= 4 is 40.1 Å². The predicted molar refractivity (Wildman–Crippen MR) is 52.6 cm³/mol. The van der Waals surface area contributed by atoms with Gasteiger partial charge in [-0.3, -0.25) is 4.79 Å². The van der Waals surface area contributed by atoms with E-state index in [1.165, 1.54) is 12.1 Å². The van der Waals surface area contributed by atoms with Gasteiger partial charge in [0.1, 0.15) is 5.82 Å². The third kappa shape index (κ3) is 1.69. The van der Waals surface area contributed by atoms with Crippen LogP contribution in [0.1, 0.15) is 10.4 Å². The summed E-state index contributed by atoms with van der Waals surface area (Å²) in [7, 11) is 0. The van der Waals surface area contributed by atoms with Gasteiger partial charge in [-0.25, -0.2) is 4.39 Å². The highest BCUT2D eigenvalue weighted by Crippen LogP contribution is 2.23. The van der Waals surface area contributed by atoms with Gasteiger partial charge in [0, 0.05) is 0 Å². The van der Waals surface area contributed by atoms with Crippen LogP contribution in [0, 0.1) is 9.39 Å². The van der Waals surface area contributed by atoms with Crippen LogP contribution >= 0.6 is 34.2 Å². The van der Waals surface area contributed by atoms with E-state index in [2.05, 4.69) is 0 Å². The number of carbonyl (C=O) groups excluding carboxylic acids is 1. The van der Waals surface area contributed by atoms with E-state index in [0.29, 0.717) is 0 Å².